The van der Waals surface area contributed by atoms with Crippen LogP contribution in [-0.2, 0) is 9.05 Å². The van der Waals surface area contributed by atoms with E-state index >= 15 is 0 Å². The number of halogens is 4. The summed E-state index contributed by atoms with van der Waals surface area (Å²) in [6, 6.07) is 2.27. The lowest BCUT2D eigenvalue weighted by molar-refractivity contribution is 0.609. The predicted molar refractivity (Wildman–Crippen MR) is 54.5 cm³/mol. The van der Waals surface area contributed by atoms with Crippen LogP contribution >= 0.6 is 45.5 Å². The Morgan fingerprint density at radius 1 is 1.00 bits per heavy atom. The zero-order chi connectivity index (χ0) is 10.2. The van der Waals surface area contributed by atoms with E-state index in [-0.39, 0.29) is 20.0 Å². The van der Waals surface area contributed by atoms with Crippen molar-refractivity contribution in [2.24, 2.45) is 0 Å². The third-order valence-corrected chi connectivity index (χ3v) is 3.77. The lowest BCUT2D eigenvalue weighted by Crippen LogP contribution is -1.90. The van der Waals surface area contributed by atoms with Crippen LogP contribution in [0.1, 0.15) is 0 Å². The molecular formula is C6H2Cl4O2S. The maximum atomic E-state index is 10.9. The van der Waals surface area contributed by atoms with Crippen LogP contribution in [0.3, 0.4) is 0 Å². The lowest BCUT2D eigenvalue weighted by atomic mass is 10.4. The number of hydrogen-bond acceptors (Lipinski definition) is 2. The van der Waals surface area contributed by atoms with Crippen molar-refractivity contribution < 1.29 is 8.42 Å². The second kappa shape index (κ2) is 3.83. The molecule has 0 fully saturated rings. The van der Waals surface area contributed by atoms with Gasteiger partial charge >= 0.3 is 0 Å². The van der Waals surface area contributed by atoms with Crippen LogP contribution in [-0.4, -0.2) is 8.42 Å². The van der Waals surface area contributed by atoms with E-state index < -0.39 is 9.05 Å². The summed E-state index contributed by atoms with van der Waals surface area (Å²) in [6.07, 6.45) is 0. The van der Waals surface area contributed by atoms with Gasteiger partial charge in [-0.3, -0.25) is 0 Å². The normalized spacial score (nSPS) is 11.7. The molecule has 0 aliphatic rings. The molecule has 0 saturated heterocycles. The van der Waals surface area contributed by atoms with E-state index in [1.165, 1.54) is 0 Å². The summed E-state index contributed by atoms with van der Waals surface area (Å²) in [7, 11) is 1.25. The van der Waals surface area contributed by atoms with Crippen molar-refractivity contribution in [1.82, 2.24) is 0 Å². The first kappa shape index (κ1) is 11.4. The molecule has 0 radical (unpaired) electrons. The third-order valence-electron chi connectivity index (χ3n) is 1.24. The smallest absolute Gasteiger partial charge is 0.207 e. The molecule has 0 N–H and O–H groups in total. The Bertz CT molecular complexity index is 417. The summed E-state index contributed by atoms with van der Waals surface area (Å²) in [6.45, 7) is 0. The topological polar surface area (TPSA) is 34.1 Å². The van der Waals surface area contributed by atoms with Gasteiger partial charge in [0.15, 0.2) is 0 Å². The summed E-state index contributed by atoms with van der Waals surface area (Å²) in [5.74, 6) is 0. The third kappa shape index (κ3) is 2.64. The molecule has 0 aliphatic heterocycles. The van der Waals surface area contributed by atoms with Crippen molar-refractivity contribution in [2.75, 3.05) is 0 Å². The Balaban J connectivity index is 3.47. The first-order valence-electron chi connectivity index (χ1n) is 2.91. The monoisotopic (exact) mass is 278 g/mol. The molecule has 13 heavy (non-hydrogen) atoms. The van der Waals surface area contributed by atoms with Gasteiger partial charge in [-0.25, -0.2) is 8.42 Å². The minimum atomic E-state index is -3.82. The van der Waals surface area contributed by atoms with Crippen LogP contribution in [0.4, 0.5) is 0 Å². The summed E-state index contributed by atoms with van der Waals surface area (Å²) >= 11 is 16.8. The molecule has 0 aliphatic carbocycles. The van der Waals surface area contributed by atoms with Crippen LogP contribution in [0.5, 0.6) is 0 Å². The Hall–Kier alpha value is 0.330. The summed E-state index contributed by atoms with van der Waals surface area (Å²) < 4.78 is 21.7. The van der Waals surface area contributed by atoms with Gasteiger partial charge in [0.25, 0.3) is 9.05 Å². The summed E-state index contributed by atoms with van der Waals surface area (Å²) in [4.78, 5) is -0.173. The molecule has 0 aromatic heterocycles. The summed E-state index contributed by atoms with van der Waals surface area (Å²) in [5.41, 5.74) is 0. The van der Waals surface area contributed by atoms with Gasteiger partial charge in [0.05, 0.1) is 20.0 Å². The van der Waals surface area contributed by atoms with Crippen LogP contribution in [0.2, 0.25) is 15.1 Å². The molecule has 0 spiro atoms. The Labute approximate surface area is 94.8 Å². The molecular weight excluding hydrogens is 278 g/mol. The van der Waals surface area contributed by atoms with E-state index in [0.717, 1.165) is 12.1 Å². The van der Waals surface area contributed by atoms with Crippen molar-refractivity contribution in [3.8, 4) is 0 Å². The molecule has 0 bridgehead atoms. The first-order chi connectivity index (χ1) is 5.82. The molecule has 72 valence electrons. The second-order valence-electron chi connectivity index (χ2n) is 2.14. The highest BCUT2D eigenvalue weighted by Crippen LogP contribution is 2.33. The van der Waals surface area contributed by atoms with E-state index in [0.29, 0.717) is 0 Å². The zero-order valence-corrected chi connectivity index (χ0v) is 9.73. The van der Waals surface area contributed by atoms with Crippen LogP contribution in [0, 0.1) is 0 Å². The van der Waals surface area contributed by atoms with E-state index in [1.807, 2.05) is 0 Å². The van der Waals surface area contributed by atoms with E-state index in [4.69, 9.17) is 45.5 Å². The van der Waals surface area contributed by atoms with Gasteiger partial charge < -0.3 is 0 Å². The van der Waals surface area contributed by atoms with Crippen LogP contribution < -0.4 is 0 Å². The molecule has 0 unspecified atom stereocenters. The first-order valence-corrected chi connectivity index (χ1v) is 6.36. The number of rotatable bonds is 1. The van der Waals surface area contributed by atoms with Gasteiger partial charge in [-0.15, -0.1) is 0 Å². The van der Waals surface area contributed by atoms with Crippen molar-refractivity contribution in [1.29, 1.82) is 0 Å². The van der Waals surface area contributed by atoms with Gasteiger partial charge in [-0.1, -0.05) is 34.8 Å². The molecule has 7 heteroatoms. The zero-order valence-electron chi connectivity index (χ0n) is 5.89. The fourth-order valence-corrected chi connectivity index (χ4v) is 2.18. The molecule has 1 aromatic carbocycles. The minimum Gasteiger partial charge on any atom is -0.207 e. The molecule has 0 saturated carbocycles. The minimum absolute atomic E-state index is 0.0494. The average molecular weight is 280 g/mol. The summed E-state index contributed by atoms with van der Waals surface area (Å²) in [5, 5.41) is 0.203. The fraction of sp³-hybridized carbons (Fsp3) is 0. The maximum Gasteiger partial charge on any atom is 0.261 e. The van der Waals surface area contributed by atoms with Crippen LogP contribution in [0.25, 0.3) is 0 Å². The van der Waals surface area contributed by atoms with E-state index in [1.54, 1.807) is 0 Å². The maximum absolute atomic E-state index is 10.9. The Kier molecular flexibility index (Phi) is 3.36. The van der Waals surface area contributed by atoms with Gasteiger partial charge in [-0.05, 0) is 12.1 Å². The Morgan fingerprint density at radius 2 is 1.38 bits per heavy atom. The van der Waals surface area contributed by atoms with Gasteiger partial charge in [0, 0.05) is 10.7 Å². The van der Waals surface area contributed by atoms with Gasteiger partial charge in [0.2, 0.25) is 0 Å². The Morgan fingerprint density at radius 3 is 1.69 bits per heavy atom. The highest BCUT2D eigenvalue weighted by molar-refractivity contribution is 8.13. The number of benzene rings is 1. The standard InChI is InChI=1S/C6H2Cl4O2S/c7-4-1-3(13(10,11)12)2-5(8)6(4)9/h1-2H. The fourth-order valence-electron chi connectivity index (χ4n) is 0.673. The van der Waals surface area contributed by atoms with Gasteiger partial charge in [0.1, 0.15) is 0 Å². The molecule has 1 aromatic rings. The van der Waals surface area contributed by atoms with E-state index in [2.05, 4.69) is 0 Å². The van der Waals surface area contributed by atoms with Gasteiger partial charge in [-0.2, -0.15) is 0 Å². The molecule has 0 amide bonds. The average Bonchev–Trinajstić information content (AvgIpc) is 1.97. The molecule has 1 rings (SSSR count). The predicted octanol–water partition coefficient (Wildman–Crippen LogP) is 3.57. The van der Waals surface area contributed by atoms with E-state index in [9.17, 15) is 8.42 Å². The molecule has 0 heterocycles. The highest BCUT2D eigenvalue weighted by Gasteiger charge is 2.14. The van der Waals surface area contributed by atoms with Crippen molar-refractivity contribution in [2.45, 2.75) is 4.90 Å². The van der Waals surface area contributed by atoms with Crippen molar-refractivity contribution in [3.63, 3.8) is 0 Å². The molecule has 2 nitrogen and oxygen atoms in total. The van der Waals surface area contributed by atoms with Crippen molar-refractivity contribution >= 4 is 54.5 Å². The highest BCUT2D eigenvalue weighted by atomic mass is 35.7. The molecule has 0 atom stereocenters. The second-order valence-corrected chi connectivity index (χ2v) is 5.90. The quantitative estimate of drug-likeness (QED) is 0.582. The van der Waals surface area contributed by atoms with Crippen molar-refractivity contribution in [3.05, 3.63) is 27.2 Å². The number of hydrogen-bond donors (Lipinski definition) is 0. The largest absolute Gasteiger partial charge is 0.261 e. The SMILES string of the molecule is O=S(=O)(Cl)c1cc(Cl)c(Cl)c(Cl)c1. The van der Waals surface area contributed by atoms with Crippen LogP contribution in [0.15, 0.2) is 17.0 Å². The lowest BCUT2D eigenvalue weighted by Gasteiger charge is -2.01.